The molecule has 0 radical (unpaired) electrons. The molecule has 2 N–H and O–H groups in total. The largest absolute Gasteiger partial charge is 0.379 e. The SMILES string of the molecule is [N-]=[N+]=NCCOCCNC(=O)c1cnc(N=Nc2c(-c3ccccc3)[nH]n(-c3nc(-c4ccccc4)cs3)c2=O)s1. The van der Waals surface area contributed by atoms with Crippen molar-refractivity contribution in [1.82, 2.24) is 25.1 Å². The van der Waals surface area contributed by atoms with E-state index >= 15 is 0 Å². The summed E-state index contributed by atoms with van der Waals surface area (Å²) in [5.74, 6) is -0.338. The number of azo groups is 1. The molecule has 5 rings (SSSR count). The number of nitrogens with zero attached hydrogens (tertiary/aromatic N) is 8. The highest BCUT2D eigenvalue weighted by Gasteiger charge is 2.19. The molecule has 2 aromatic carbocycles. The molecular formula is C26H22N10O3S2. The Bertz CT molecular complexity index is 1750. The van der Waals surface area contributed by atoms with E-state index < -0.39 is 5.56 Å². The second kappa shape index (κ2) is 13.4. The summed E-state index contributed by atoms with van der Waals surface area (Å²) < 4.78 is 6.62. The van der Waals surface area contributed by atoms with Crippen LogP contribution in [0.25, 0.3) is 38.1 Å². The summed E-state index contributed by atoms with van der Waals surface area (Å²) in [4.78, 5) is 37.7. The summed E-state index contributed by atoms with van der Waals surface area (Å²) in [6.45, 7) is 1.04. The van der Waals surface area contributed by atoms with Gasteiger partial charge in [-0.3, -0.25) is 14.7 Å². The fraction of sp³-hybridized carbons (Fsp3) is 0.154. The van der Waals surface area contributed by atoms with Gasteiger partial charge in [-0.25, -0.2) is 9.97 Å². The molecule has 0 spiro atoms. The van der Waals surface area contributed by atoms with Crippen molar-refractivity contribution in [3.63, 3.8) is 0 Å². The van der Waals surface area contributed by atoms with Crippen molar-refractivity contribution < 1.29 is 9.53 Å². The number of carbonyl (C=O) groups excluding carboxylic acids is 1. The Morgan fingerprint density at radius 1 is 1.07 bits per heavy atom. The van der Waals surface area contributed by atoms with Crippen molar-refractivity contribution >= 4 is 39.4 Å². The second-order valence-electron chi connectivity index (χ2n) is 8.25. The molecule has 0 saturated heterocycles. The first-order valence-corrected chi connectivity index (χ1v) is 14.0. The molecule has 0 saturated carbocycles. The predicted octanol–water partition coefficient (Wildman–Crippen LogP) is 5.88. The van der Waals surface area contributed by atoms with Crippen molar-refractivity contribution in [2.24, 2.45) is 15.3 Å². The Morgan fingerprint density at radius 2 is 1.83 bits per heavy atom. The van der Waals surface area contributed by atoms with Gasteiger partial charge in [0, 0.05) is 34.5 Å². The summed E-state index contributed by atoms with van der Waals surface area (Å²) in [5, 5.41) is 20.2. The van der Waals surface area contributed by atoms with E-state index in [1.807, 2.05) is 66.0 Å². The molecule has 0 bridgehead atoms. The second-order valence-corrected chi connectivity index (χ2v) is 10.1. The average Bonchev–Trinajstić information content (AvgIpc) is 3.76. The Labute approximate surface area is 240 Å². The molecule has 3 heterocycles. The lowest BCUT2D eigenvalue weighted by molar-refractivity contribution is 0.0923. The van der Waals surface area contributed by atoms with Crippen LogP contribution in [0.4, 0.5) is 10.8 Å². The highest BCUT2D eigenvalue weighted by Crippen LogP contribution is 2.30. The highest BCUT2D eigenvalue weighted by molar-refractivity contribution is 7.17. The number of hydrogen-bond donors (Lipinski definition) is 2. The van der Waals surface area contributed by atoms with Crippen LogP contribution in [0.2, 0.25) is 0 Å². The van der Waals surface area contributed by atoms with Crippen LogP contribution in [-0.4, -0.2) is 52.0 Å². The fourth-order valence-corrected chi connectivity index (χ4v) is 5.10. The van der Waals surface area contributed by atoms with Crippen LogP contribution in [0, 0.1) is 0 Å². The highest BCUT2D eigenvalue weighted by atomic mass is 32.1. The van der Waals surface area contributed by atoms with E-state index in [2.05, 4.69) is 40.6 Å². The van der Waals surface area contributed by atoms with E-state index in [-0.39, 0.29) is 43.0 Å². The number of ether oxygens (including phenoxy) is 1. The van der Waals surface area contributed by atoms with Gasteiger partial charge in [0.25, 0.3) is 5.91 Å². The first-order valence-electron chi connectivity index (χ1n) is 12.3. The Kier molecular flexibility index (Phi) is 9.03. The number of rotatable bonds is 12. The molecular weight excluding hydrogens is 564 g/mol. The van der Waals surface area contributed by atoms with E-state index in [4.69, 9.17) is 10.3 Å². The maximum Gasteiger partial charge on any atom is 0.301 e. The number of aromatic nitrogens is 4. The number of nitrogens with one attached hydrogen (secondary N) is 2. The average molecular weight is 587 g/mol. The van der Waals surface area contributed by atoms with Gasteiger partial charge in [0.05, 0.1) is 30.8 Å². The molecule has 13 nitrogen and oxygen atoms in total. The van der Waals surface area contributed by atoms with Gasteiger partial charge in [-0.2, -0.15) is 4.68 Å². The Balaban J connectivity index is 1.35. The van der Waals surface area contributed by atoms with Gasteiger partial charge in [-0.15, -0.1) is 21.6 Å². The fourth-order valence-electron chi connectivity index (χ4n) is 3.66. The molecule has 1 amide bonds. The quantitative estimate of drug-likeness (QED) is 0.0801. The van der Waals surface area contributed by atoms with Gasteiger partial charge in [-0.1, -0.05) is 77.1 Å². The maximum absolute atomic E-state index is 13.5. The van der Waals surface area contributed by atoms with Gasteiger partial charge < -0.3 is 10.1 Å². The van der Waals surface area contributed by atoms with Crippen LogP contribution in [0.1, 0.15) is 9.67 Å². The minimum absolute atomic E-state index is 0.0896. The van der Waals surface area contributed by atoms with Crippen molar-refractivity contribution in [2.75, 3.05) is 26.3 Å². The third-order valence-electron chi connectivity index (χ3n) is 5.57. The zero-order valence-corrected chi connectivity index (χ0v) is 23.0. The van der Waals surface area contributed by atoms with Crippen LogP contribution in [-0.2, 0) is 4.74 Å². The first kappa shape index (κ1) is 27.6. The van der Waals surface area contributed by atoms with E-state index in [0.29, 0.717) is 15.7 Å². The predicted molar refractivity (Wildman–Crippen MR) is 156 cm³/mol. The summed E-state index contributed by atoms with van der Waals surface area (Å²) in [6.07, 6.45) is 1.39. The molecule has 0 aliphatic rings. The molecule has 3 aromatic heterocycles. The lowest BCUT2D eigenvalue weighted by Gasteiger charge is -2.03. The minimum Gasteiger partial charge on any atom is -0.379 e. The third-order valence-corrected chi connectivity index (χ3v) is 7.27. The summed E-state index contributed by atoms with van der Waals surface area (Å²) in [6, 6.07) is 19.0. The maximum atomic E-state index is 13.5. The standard InChI is InChI=1S/C26H22N10O3S2/c27-35-30-12-14-39-13-11-28-23(37)20-15-29-25(41-20)33-32-22-21(18-9-5-2-6-10-18)34-36(24(22)38)26-31-19(16-40-26)17-7-3-1-4-8-17/h1-10,15-16,34H,11-14H2,(H,28,37). The van der Waals surface area contributed by atoms with Crippen LogP contribution in [0.3, 0.4) is 0 Å². The lowest BCUT2D eigenvalue weighted by atomic mass is 10.1. The van der Waals surface area contributed by atoms with Gasteiger partial charge >= 0.3 is 5.56 Å². The molecule has 41 heavy (non-hydrogen) atoms. The topological polar surface area (TPSA) is 175 Å². The van der Waals surface area contributed by atoms with Crippen LogP contribution >= 0.6 is 22.7 Å². The van der Waals surface area contributed by atoms with E-state index in [1.54, 1.807) is 0 Å². The number of H-pyrrole nitrogens is 1. The van der Waals surface area contributed by atoms with Gasteiger partial charge in [-0.05, 0) is 5.53 Å². The van der Waals surface area contributed by atoms with E-state index in [9.17, 15) is 9.59 Å². The first-order chi connectivity index (χ1) is 20.1. The monoisotopic (exact) mass is 586 g/mol. The van der Waals surface area contributed by atoms with Crippen molar-refractivity contribution in [3.8, 4) is 27.6 Å². The number of thiazole rings is 2. The number of carbonyl (C=O) groups is 1. The third kappa shape index (κ3) is 6.80. The molecule has 0 aliphatic heterocycles. The minimum atomic E-state index is -0.420. The van der Waals surface area contributed by atoms with Gasteiger partial charge in [0.2, 0.25) is 10.3 Å². The summed E-state index contributed by atoms with van der Waals surface area (Å²) >= 11 is 2.37. The van der Waals surface area contributed by atoms with Gasteiger partial charge in [0.15, 0.2) is 5.69 Å². The van der Waals surface area contributed by atoms with Crippen molar-refractivity contribution in [1.29, 1.82) is 0 Å². The lowest BCUT2D eigenvalue weighted by Crippen LogP contribution is -2.26. The summed E-state index contributed by atoms with van der Waals surface area (Å²) in [5.41, 5.74) is 10.8. The zero-order valence-electron chi connectivity index (χ0n) is 21.4. The normalized spacial score (nSPS) is 11.0. The van der Waals surface area contributed by atoms with Crippen LogP contribution < -0.4 is 10.9 Å². The number of amides is 1. The van der Waals surface area contributed by atoms with Crippen LogP contribution in [0.15, 0.2) is 92.4 Å². The number of azide groups is 1. The van der Waals surface area contributed by atoms with Crippen molar-refractivity contribution in [3.05, 3.63) is 97.9 Å². The molecule has 0 unspecified atom stereocenters. The smallest absolute Gasteiger partial charge is 0.301 e. The van der Waals surface area contributed by atoms with Crippen molar-refractivity contribution in [2.45, 2.75) is 0 Å². The van der Waals surface area contributed by atoms with E-state index in [0.717, 1.165) is 28.2 Å². The molecule has 0 aliphatic carbocycles. The number of hydrogen-bond acceptors (Lipinski definition) is 10. The molecule has 15 heteroatoms. The van der Waals surface area contributed by atoms with E-state index in [1.165, 1.54) is 22.2 Å². The molecule has 0 fully saturated rings. The molecule has 5 aromatic rings. The molecule has 0 atom stereocenters. The molecule has 206 valence electrons. The number of aromatic amines is 1. The Morgan fingerprint density at radius 3 is 2.59 bits per heavy atom. The van der Waals surface area contributed by atoms with Gasteiger partial charge in [0.1, 0.15) is 4.88 Å². The summed E-state index contributed by atoms with van der Waals surface area (Å²) in [7, 11) is 0. The van der Waals surface area contributed by atoms with Crippen LogP contribution in [0.5, 0.6) is 0 Å². The number of benzene rings is 2. The zero-order chi connectivity index (χ0) is 28.4. The Hall–Kier alpha value is -4.95.